The Hall–Kier alpha value is -0.0800. The number of hydrogen-bond donors (Lipinski definition) is 1. The van der Waals surface area contributed by atoms with Crippen molar-refractivity contribution in [3.05, 3.63) is 0 Å². The Morgan fingerprint density at radius 3 is 1.94 bits per heavy atom. The second-order valence-corrected chi connectivity index (χ2v) is 6.82. The fraction of sp³-hybridized carbons (Fsp3) is 1.00. The fourth-order valence-electron chi connectivity index (χ4n) is 2.04. The molecule has 0 heterocycles. The van der Waals surface area contributed by atoms with Crippen molar-refractivity contribution in [1.82, 2.24) is 10.2 Å². The maximum absolute atomic E-state index is 3.58. The van der Waals surface area contributed by atoms with Crippen molar-refractivity contribution in [3.63, 3.8) is 0 Å². The molecule has 0 amide bonds. The topological polar surface area (TPSA) is 15.3 Å². The van der Waals surface area contributed by atoms with E-state index in [9.17, 15) is 0 Å². The zero-order valence-corrected chi connectivity index (χ0v) is 13.3. The summed E-state index contributed by atoms with van der Waals surface area (Å²) < 4.78 is 0. The maximum Gasteiger partial charge on any atom is 0.0218 e. The lowest BCUT2D eigenvalue weighted by atomic mass is 9.86. The van der Waals surface area contributed by atoms with Gasteiger partial charge in [0.1, 0.15) is 0 Å². The highest BCUT2D eigenvalue weighted by molar-refractivity contribution is 4.82. The number of likely N-dealkylation sites (N-methyl/N-ethyl adjacent to an activating group) is 1. The quantitative estimate of drug-likeness (QED) is 0.736. The Bertz CT molecular complexity index is 194. The van der Waals surface area contributed by atoms with Crippen molar-refractivity contribution in [2.45, 2.75) is 67.0 Å². The van der Waals surface area contributed by atoms with Crippen molar-refractivity contribution in [1.29, 1.82) is 0 Å². The normalized spacial score (nSPS) is 16.6. The van der Waals surface area contributed by atoms with Gasteiger partial charge < -0.3 is 5.32 Å². The summed E-state index contributed by atoms with van der Waals surface area (Å²) in [6.45, 7) is 18.3. The summed E-state index contributed by atoms with van der Waals surface area (Å²) >= 11 is 0. The summed E-state index contributed by atoms with van der Waals surface area (Å²) in [6, 6.07) is 1.25. The molecule has 17 heavy (non-hydrogen) atoms. The first-order valence-corrected chi connectivity index (χ1v) is 7.12. The molecule has 0 fully saturated rings. The first-order chi connectivity index (χ1) is 7.70. The molecule has 0 aromatic heterocycles. The number of nitrogens with zero attached hydrogens (tertiary/aromatic N) is 1. The molecule has 0 aromatic carbocycles. The molecule has 2 atom stereocenters. The van der Waals surface area contributed by atoms with Gasteiger partial charge in [0.25, 0.3) is 0 Å². The predicted octanol–water partition coefficient (Wildman–Crippen LogP) is 3.38. The van der Waals surface area contributed by atoms with Crippen LogP contribution in [0.2, 0.25) is 0 Å². The molecule has 0 rings (SSSR count). The lowest BCUT2D eigenvalue weighted by Gasteiger charge is -2.40. The van der Waals surface area contributed by atoms with Gasteiger partial charge in [-0.25, -0.2) is 0 Å². The molecule has 0 aliphatic rings. The fourth-order valence-corrected chi connectivity index (χ4v) is 2.04. The van der Waals surface area contributed by atoms with Crippen LogP contribution in [0.4, 0.5) is 0 Å². The van der Waals surface area contributed by atoms with Crippen molar-refractivity contribution in [2.24, 2.45) is 11.3 Å². The lowest BCUT2D eigenvalue weighted by Crippen LogP contribution is -2.49. The van der Waals surface area contributed by atoms with Gasteiger partial charge in [-0.1, -0.05) is 41.5 Å². The molecule has 1 N–H and O–H groups in total. The van der Waals surface area contributed by atoms with Crippen LogP contribution in [0.3, 0.4) is 0 Å². The molecule has 0 saturated carbocycles. The Morgan fingerprint density at radius 1 is 1.06 bits per heavy atom. The Balaban J connectivity index is 4.25. The van der Waals surface area contributed by atoms with Crippen LogP contribution in [0.15, 0.2) is 0 Å². The molecule has 104 valence electrons. The van der Waals surface area contributed by atoms with Crippen molar-refractivity contribution in [3.8, 4) is 0 Å². The highest BCUT2D eigenvalue weighted by Crippen LogP contribution is 2.24. The third-order valence-electron chi connectivity index (χ3n) is 3.84. The van der Waals surface area contributed by atoms with E-state index in [4.69, 9.17) is 0 Å². The van der Waals surface area contributed by atoms with E-state index in [0.29, 0.717) is 17.5 Å². The molecular formula is C15H34N2. The largest absolute Gasteiger partial charge is 0.315 e. The highest BCUT2D eigenvalue weighted by atomic mass is 15.2. The molecule has 2 unspecified atom stereocenters. The molecule has 2 nitrogen and oxygen atoms in total. The molecule has 0 aromatic rings. The van der Waals surface area contributed by atoms with Gasteiger partial charge in [-0.2, -0.15) is 0 Å². The van der Waals surface area contributed by atoms with Crippen LogP contribution in [0.1, 0.15) is 54.9 Å². The number of nitrogens with one attached hydrogen (secondary N) is 1. The molecule has 2 heteroatoms. The minimum absolute atomic E-state index is 0.347. The summed E-state index contributed by atoms with van der Waals surface area (Å²) in [6.07, 6.45) is 1.21. The van der Waals surface area contributed by atoms with Gasteiger partial charge in [-0.05, 0) is 38.3 Å². The highest BCUT2D eigenvalue weighted by Gasteiger charge is 2.27. The standard InChI is InChI=1S/C15H34N2/c1-9-14(11-16-10-12(2)3)17(8)13(4)15(5,6)7/h12-14,16H,9-11H2,1-8H3. The predicted molar refractivity (Wildman–Crippen MR) is 78.5 cm³/mol. The first kappa shape index (κ1) is 16.9. The van der Waals surface area contributed by atoms with Crippen LogP contribution in [-0.2, 0) is 0 Å². The minimum atomic E-state index is 0.347. The van der Waals surface area contributed by atoms with Crippen molar-refractivity contribution >= 4 is 0 Å². The molecule has 0 radical (unpaired) electrons. The summed E-state index contributed by atoms with van der Waals surface area (Å²) in [5, 5.41) is 3.58. The Morgan fingerprint density at radius 2 is 1.59 bits per heavy atom. The SMILES string of the molecule is CCC(CNCC(C)C)N(C)C(C)C(C)(C)C. The van der Waals surface area contributed by atoms with Gasteiger partial charge in [0.05, 0.1) is 0 Å². The average molecular weight is 242 g/mol. The summed E-state index contributed by atoms with van der Waals surface area (Å²) in [5.74, 6) is 0.734. The maximum atomic E-state index is 3.58. The van der Waals surface area contributed by atoms with E-state index in [0.717, 1.165) is 19.0 Å². The third-order valence-corrected chi connectivity index (χ3v) is 3.84. The number of rotatable bonds is 7. The second-order valence-electron chi connectivity index (χ2n) is 6.82. The smallest absolute Gasteiger partial charge is 0.0218 e. The summed E-state index contributed by atoms with van der Waals surface area (Å²) in [4.78, 5) is 2.54. The van der Waals surface area contributed by atoms with Crippen LogP contribution >= 0.6 is 0 Å². The van der Waals surface area contributed by atoms with Crippen LogP contribution in [0.5, 0.6) is 0 Å². The Labute approximate surface area is 109 Å². The summed E-state index contributed by atoms with van der Waals surface area (Å²) in [5.41, 5.74) is 0.347. The minimum Gasteiger partial charge on any atom is -0.315 e. The van der Waals surface area contributed by atoms with Gasteiger partial charge in [0.15, 0.2) is 0 Å². The monoisotopic (exact) mass is 242 g/mol. The molecule has 0 spiro atoms. The van der Waals surface area contributed by atoms with E-state index in [1.165, 1.54) is 6.42 Å². The van der Waals surface area contributed by atoms with E-state index < -0.39 is 0 Å². The van der Waals surface area contributed by atoms with Gasteiger partial charge in [0.2, 0.25) is 0 Å². The molecule has 0 saturated heterocycles. The van der Waals surface area contributed by atoms with Gasteiger partial charge in [-0.3, -0.25) is 4.90 Å². The van der Waals surface area contributed by atoms with Crippen LogP contribution in [0.25, 0.3) is 0 Å². The lowest BCUT2D eigenvalue weighted by molar-refractivity contribution is 0.0937. The zero-order chi connectivity index (χ0) is 13.6. The van der Waals surface area contributed by atoms with Crippen LogP contribution in [-0.4, -0.2) is 37.1 Å². The van der Waals surface area contributed by atoms with E-state index in [-0.39, 0.29) is 0 Å². The molecule has 0 aliphatic heterocycles. The Kier molecular flexibility index (Phi) is 7.34. The van der Waals surface area contributed by atoms with Crippen LogP contribution < -0.4 is 5.32 Å². The van der Waals surface area contributed by atoms with Gasteiger partial charge in [0, 0.05) is 18.6 Å². The van der Waals surface area contributed by atoms with Crippen molar-refractivity contribution < 1.29 is 0 Å². The molecule has 0 aliphatic carbocycles. The summed E-state index contributed by atoms with van der Waals surface area (Å²) in [7, 11) is 2.27. The van der Waals surface area contributed by atoms with E-state index in [1.807, 2.05) is 0 Å². The van der Waals surface area contributed by atoms with E-state index in [1.54, 1.807) is 0 Å². The van der Waals surface area contributed by atoms with E-state index >= 15 is 0 Å². The van der Waals surface area contributed by atoms with Crippen LogP contribution in [0, 0.1) is 11.3 Å². The number of hydrogen-bond acceptors (Lipinski definition) is 2. The van der Waals surface area contributed by atoms with E-state index in [2.05, 4.69) is 65.7 Å². The molecular weight excluding hydrogens is 208 g/mol. The second kappa shape index (κ2) is 7.38. The van der Waals surface area contributed by atoms with Gasteiger partial charge >= 0.3 is 0 Å². The third kappa shape index (κ3) is 6.42. The van der Waals surface area contributed by atoms with Crippen molar-refractivity contribution in [2.75, 3.05) is 20.1 Å². The molecule has 0 bridgehead atoms. The first-order valence-electron chi connectivity index (χ1n) is 7.12. The zero-order valence-electron chi connectivity index (χ0n) is 13.3. The van der Waals surface area contributed by atoms with Gasteiger partial charge in [-0.15, -0.1) is 0 Å². The average Bonchev–Trinajstić information content (AvgIpc) is 2.20.